The minimum atomic E-state index is -1.15. The van der Waals surface area contributed by atoms with E-state index >= 15 is 0 Å². The van der Waals surface area contributed by atoms with Crippen molar-refractivity contribution < 1.29 is 14.7 Å². The molecule has 1 rings (SSSR count). The van der Waals surface area contributed by atoms with Gasteiger partial charge in [-0.25, -0.2) is 4.79 Å². The summed E-state index contributed by atoms with van der Waals surface area (Å²) in [4.78, 5) is 23.5. The molecule has 0 radical (unpaired) electrons. The average Bonchev–Trinajstić information content (AvgIpc) is 2.26. The molecule has 0 bridgehead atoms. The van der Waals surface area contributed by atoms with Crippen molar-refractivity contribution >= 4 is 23.3 Å². The lowest BCUT2D eigenvalue weighted by molar-refractivity contribution is -0.131. The van der Waals surface area contributed by atoms with Crippen LogP contribution in [0.25, 0.3) is 0 Å². The van der Waals surface area contributed by atoms with E-state index in [1.165, 1.54) is 0 Å². The van der Waals surface area contributed by atoms with Gasteiger partial charge in [0, 0.05) is 37.6 Å². The van der Waals surface area contributed by atoms with Gasteiger partial charge in [0.2, 0.25) is 5.91 Å². The Morgan fingerprint density at radius 1 is 1.29 bits per heavy atom. The SMILES string of the molecule is CN(C)c1cccc(NC(=O)/C=C\C(=O)O)c1. The molecule has 90 valence electrons. The molecule has 0 saturated heterocycles. The Labute approximate surface area is 99.4 Å². The summed E-state index contributed by atoms with van der Waals surface area (Å²) in [6.07, 6.45) is 1.77. The highest BCUT2D eigenvalue weighted by Gasteiger charge is 2.01. The van der Waals surface area contributed by atoms with Gasteiger partial charge < -0.3 is 15.3 Å². The predicted molar refractivity (Wildman–Crippen MR) is 66.2 cm³/mol. The fraction of sp³-hybridized carbons (Fsp3) is 0.167. The van der Waals surface area contributed by atoms with Gasteiger partial charge in [-0.05, 0) is 18.2 Å². The molecule has 0 atom stereocenters. The molecule has 0 spiro atoms. The van der Waals surface area contributed by atoms with Gasteiger partial charge in [-0.15, -0.1) is 0 Å². The molecule has 0 unspecified atom stereocenters. The van der Waals surface area contributed by atoms with E-state index in [1.807, 2.05) is 31.1 Å². The number of nitrogens with zero attached hydrogens (tertiary/aromatic N) is 1. The number of carbonyl (C=O) groups is 2. The van der Waals surface area contributed by atoms with Crippen LogP contribution in [-0.4, -0.2) is 31.1 Å². The van der Waals surface area contributed by atoms with E-state index < -0.39 is 11.9 Å². The number of hydrogen-bond acceptors (Lipinski definition) is 3. The van der Waals surface area contributed by atoms with Crippen molar-refractivity contribution in [1.82, 2.24) is 0 Å². The van der Waals surface area contributed by atoms with Crippen LogP contribution in [0.2, 0.25) is 0 Å². The van der Waals surface area contributed by atoms with Crippen LogP contribution in [0, 0.1) is 0 Å². The molecular weight excluding hydrogens is 220 g/mol. The molecule has 0 aromatic heterocycles. The zero-order chi connectivity index (χ0) is 12.8. The van der Waals surface area contributed by atoms with E-state index in [0.29, 0.717) is 5.69 Å². The van der Waals surface area contributed by atoms with Crippen molar-refractivity contribution in [2.24, 2.45) is 0 Å². The minimum absolute atomic E-state index is 0.469. The van der Waals surface area contributed by atoms with Gasteiger partial charge in [0.05, 0.1) is 0 Å². The zero-order valence-corrected chi connectivity index (χ0v) is 9.68. The lowest BCUT2D eigenvalue weighted by Crippen LogP contribution is -2.11. The molecular formula is C12H14N2O3. The van der Waals surface area contributed by atoms with E-state index in [1.54, 1.807) is 12.1 Å². The number of rotatable bonds is 4. The highest BCUT2D eigenvalue weighted by molar-refractivity contribution is 6.02. The third kappa shape index (κ3) is 4.38. The maximum atomic E-state index is 11.3. The second-order valence-corrected chi connectivity index (χ2v) is 3.61. The second kappa shape index (κ2) is 5.69. The lowest BCUT2D eigenvalue weighted by Gasteiger charge is -2.13. The highest BCUT2D eigenvalue weighted by Crippen LogP contribution is 2.17. The van der Waals surface area contributed by atoms with Crippen LogP contribution in [0.15, 0.2) is 36.4 Å². The molecule has 1 aromatic carbocycles. The first-order valence-corrected chi connectivity index (χ1v) is 4.98. The molecule has 0 aliphatic rings. The van der Waals surface area contributed by atoms with Crippen molar-refractivity contribution in [3.05, 3.63) is 36.4 Å². The summed E-state index contributed by atoms with van der Waals surface area (Å²) in [5.74, 6) is -1.62. The number of amides is 1. The number of aliphatic carboxylic acids is 1. The molecule has 0 aliphatic carbocycles. The molecule has 5 heteroatoms. The Bertz CT molecular complexity index is 453. The van der Waals surface area contributed by atoms with Crippen molar-refractivity contribution in [2.75, 3.05) is 24.3 Å². The van der Waals surface area contributed by atoms with Gasteiger partial charge in [0.1, 0.15) is 0 Å². The maximum absolute atomic E-state index is 11.3. The van der Waals surface area contributed by atoms with Gasteiger partial charge in [-0.2, -0.15) is 0 Å². The first-order valence-electron chi connectivity index (χ1n) is 4.98. The van der Waals surface area contributed by atoms with Crippen LogP contribution in [0.3, 0.4) is 0 Å². The number of hydrogen-bond donors (Lipinski definition) is 2. The van der Waals surface area contributed by atoms with Crippen molar-refractivity contribution in [3.8, 4) is 0 Å². The fourth-order valence-electron chi connectivity index (χ4n) is 1.19. The zero-order valence-electron chi connectivity index (χ0n) is 9.68. The third-order valence-corrected chi connectivity index (χ3v) is 2.01. The van der Waals surface area contributed by atoms with Crippen LogP contribution in [-0.2, 0) is 9.59 Å². The van der Waals surface area contributed by atoms with Crippen LogP contribution in [0.4, 0.5) is 11.4 Å². The molecule has 1 amide bonds. The Morgan fingerprint density at radius 3 is 2.59 bits per heavy atom. The minimum Gasteiger partial charge on any atom is -0.478 e. The van der Waals surface area contributed by atoms with E-state index in [2.05, 4.69) is 5.32 Å². The molecule has 17 heavy (non-hydrogen) atoms. The van der Waals surface area contributed by atoms with E-state index in [4.69, 9.17) is 5.11 Å². The number of carboxylic acids is 1. The number of carbonyl (C=O) groups excluding carboxylic acids is 1. The van der Waals surface area contributed by atoms with Crippen molar-refractivity contribution in [2.45, 2.75) is 0 Å². The maximum Gasteiger partial charge on any atom is 0.328 e. The molecule has 2 N–H and O–H groups in total. The Balaban J connectivity index is 2.72. The summed E-state index contributed by atoms with van der Waals surface area (Å²) >= 11 is 0. The van der Waals surface area contributed by atoms with Gasteiger partial charge in [0.15, 0.2) is 0 Å². The highest BCUT2D eigenvalue weighted by atomic mass is 16.4. The smallest absolute Gasteiger partial charge is 0.328 e. The molecule has 0 aliphatic heterocycles. The summed E-state index contributed by atoms with van der Waals surface area (Å²) in [6.45, 7) is 0. The summed E-state index contributed by atoms with van der Waals surface area (Å²) < 4.78 is 0. The molecule has 0 heterocycles. The predicted octanol–water partition coefficient (Wildman–Crippen LogP) is 1.33. The number of benzene rings is 1. The molecule has 1 aromatic rings. The summed E-state index contributed by atoms with van der Waals surface area (Å²) in [5, 5.41) is 10.9. The number of nitrogens with one attached hydrogen (secondary N) is 1. The summed E-state index contributed by atoms with van der Waals surface area (Å²) in [6, 6.07) is 7.25. The Hall–Kier alpha value is -2.30. The van der Waals surface area contributed by atoms with E-state index in [0.717, 1.165) is 17.8 Å². The average molecular weight is 234 g/mol. The van der Waals surface area contributed by atoms with Crippen LogP contribution in [0.1, 0.15) is 0 Å². The van der Waals surface area contributed by atoms with Gasteiger partial charge in [-0.1, -0.05) is 6.07 Å². The van der Waals surface area contributed by atoms with Crippen molar-refractivity contribution in [1.29, 1.82) is 0 Å². The van der Waals surface area contributed by atoms with E-state index in [9.17, 15) is 9.59 Å². The normalized spacial score (nSPS) is 10.2. The Morgan fingerprint density at radius 2 is 2.00 bits per heavy atom. The van der Waals surface area contributed by atoms with Gasteiger partial charge in [-0.3, -0.25) is 4.79 Å². The van der Waals surface area contributed by atoms with Gasteiger partial charge >= 0.3 is 5.97 Å². The summed E-state index contributed by atoms with van der Waals surface area (Å²) in [5.41, 5.74) is 1.57. The Kier molecular flexibility index (Phi) is 4.28. The number of carboxylic acid groups (broad SMARTS) is 1. The van der Waals surface area contributed by atoms with Crippen LogP contribution < -0.4 is 10.2 Å². The second-order valence-electron chi connectivity index (χ2n) is 3.61. The molecule has 0 saturated carbocycles. The summed E-state index contributed by atoms with van der Waals surface area (Å²) in [7, 11) is 3.79. The molecule has 5 nitrogen and oxygen atoms in total. The fourth-order valence-corrected chi connectivity index (χ4v) is 1.19. The number of anilines is 2. The van der Waals surface area contributed by atoms with E-state index in [-0.39, 0.29) is 0 Å². The first-order chi connectivity index (χ1) is 7.99. The largest absolute Gasteiger partial charge is 0.478 e. The third-order valence-electron chi connectivity index (χ3n) is 2.01. The van der Waals surface area contributed by atoms with Crippen LogP contribution in [0.5, 0.6) is 0 Å². The topological polar surface area (TPSA) is 69.6 Å². The van der Waals surface area contributed by atoms with Crippen LogP contribution >= 0.6 is 0 Å². The quantitative estimate of drug-likeness (QED) is 0.771. The van der Waals surface area contributed by atoms with Gasteiger partial charge in [0.25, 0.3) is 0 Å². The van der Waals surface area contributed by atoms with Crippen molar-refractivity contribution in [3.63, 3.8) is 0 Å². The first kappa shape index (κ1) is 12.8. The standard InChI is InChI=1S/C12H14N2O3/c1-14(2)10-5-3-4-9(8-10)13-11(15)6-7-12(16)17/h3-8H,1-2H3,(H,13,15)(H,16,17)/b7-6-. The lowest BCUT2D eigenvalue weighted by atomic mass is 10.2. The monoisotopic (exact) mass is 234 g/mol. The molecule has 0 fully saturated rings.